The molecule has 1 unspecified atom stereocenters. The zero-order valence-corrected chi connectivity index (χ0v) is 17.1. The van der Waals surface area contributed by atoms with Crippen LogP contribution in [0.15, 0.2) is 0 Å². The molecule has 0 aromatic rings. The summed E-state index contributed by atoms with van der Waals surface area (Å²) in [5.74, 6) is 0. The molecule has 1 atom stereocenters. The molecule has 0 amide bonds. The molecule has 1 aliphatic heterocycles. The Morgan fingerprint density at radius 1 is 0.917 bits per heavy atom. The number of rotatable bonds is 12. The van der Waals surface area contributed by atoms with Gasteiger partial charge in [-0.1, -0.05) is 71.6 Å². The maximum absolute atomic E-state index is 9.19. The van der Waals surface area contributed by atoms with E-state index in [9.17, 15) is 8.42 Å². The maximum atomic E-state index is 9.19. The highest BCUT2D eigenvalue weighted by molar-refractivity contribution is 7.85. The first-order chi connectivity index (χ1) is 11.4. The first kappa shape index (κ1) is 23.9. The standard InChI is InChI=1S/C18H37N.CH4O3S/c1-3-5-6-7-8-9-10-11-12-16-19-17-13-15-18(19)14-4-2;1-5(2,3)4/h18H,3-17H2,1-2H3;1H3,(H,2,3,4). The third-order valence-electron chi connectivity index (χ3n) is 4.67. The van der Waals surface area contributed by atoms with Gasteiger partial charge >= 0.3 is 0 Å². The lowest BCUT2D eigenvalue weighted by molar-refractivity contribution is 0.236. The summed E-state index contributed by atoms with van der Waals surface area (Å²) >= 11 is 0. The van der Waals surface area contributed by atoms with Crippen molar-refractivity contribution in [3.63, 3.8) is 0 Å². The molecule has 1 N–H and O–H groups in total. The highest BCUT2D eigenvalue weighted by Crippen LogP contribution is 2.21. The van der Waals surface area contributed by atoms with Crippen molar-refractivity contribution in [2.75, 3.05) is 19.3 Å². The minimum Gasteiger partial charge on any atom is -0.300 e. The minimum absolute atomic E-state index is 0.715. The second-order valence-corrected chi connectivity index (χ2v) is 8.65. The molecule has 1 fully saturated rings. The van der Waals surface area contributed by atoms with Gasteiger partial charge in [0.2, 0.25) is 0 Å². The number of hydrogen-bond donors (Lipinski definition) is 1. The molecule has 1 rings (SSSR count). The van der Waals surface area contributed by atoms with E-state index in [1.165, 1.54) is 96.6 Å². The van der Waals surface area contributed by atoms with Gasteiger partial charge in [-0.3, -0.25) is 4.55 Å². The average Bonchev–Trinajstić information content (AvgIpc) is 2.92. The smallest absolute Gasteiger partial charge is 0.261 e. The number of nitrogens with zero attached hydrogens (tertiary/aromatic N) is 1. The van der Waals surface area contributed by atoms with Gasteiger partial charge in [-0.05, 0) is 38.8 Å². The van der Waals surface area contributed by atoms with Gasteiger partial charge in [0.1, 0.15) is 0 Å². The van der Waals surface area contributed by atoms with E-state index < -0.39 is 10.1 Å². The van der Waals surface area contributed by atoms with Gasteiger partial charge in [-0.15, -0.1) is 0 Å². The van der Waals surface area contributed by atoms with E-state index in [4.69, 9.17) is 4.55 Å². The minimum atomic E-state index is -3.67. The van der Waals surface area contributed by atoms with Crippen molar-refractivity contribution in [3.8, 4) is 0 Å². The lowest BCUT2D eigenvalue weighted by Crippen LogP contribution is -2.30. The Hall–Kier alpha value is -0.130. The molecule has 0 aromatic heterocycles. The van der Waals surface area contributed by atoms with Crippen LogP contribution >= 0.6 is 0 Å². The fourth-order valence-corrected chi connectivity index (χ4v) is 3.48. The highest BCUT2D eigenvalue weighted by Gasteiger charge is 2.22. The molecule has 5 heteroatoms. The molecule has 24 heavy (non-hydrogen) atoms. The Morgan fingerprint density at radius 3 is 1.92 bits per heavy atom. The maximum Gasteiger partial charge on any atom is 0.261 e. The first-order valence-electron chi connectivity index (χ1n) is 10.0. The summed E-state index contributed by atoms with van der Waals surface area (Å²) in [6, 6.07) is 0.930. The van der Waals surface area contributed by atoms with E-state index >= 15 is 0 Å². The molecule has 0 saturated carbocycles. The number of likely N-dealkylation sites (tertiary alicyclic amines) is 1. The van der Waals surface area contributed by atoms with Crippen LogP contribution in [0.5, 0.6) is 0 Å². The van der Waals surface area contributed by atoms with Crippen LogP contribution in [0.3, 0.4) is 0 Å². The van der Waals surface area contributed by atoms with Gasteiger partial charge in [-0.25, -0.2) is 0 Å². The van der Waals surface area contributed by atoms with Crippen LogP contribution < -0.4 is 0 Å². The molecule has 0 spiro atoms. The van der Waals surface area contributed by atoms with Crippen LogP contribution in [-0.4, -0.2) is 43.3 Å². The summed E-state index contributed by atoms with van der Waals surface area (Å²) in [6.07, 6.45) is 19.5. The van der Waals surface area contributed by atoms with Crippen molar-refractivity contribution in [3.05, 3.63) is 0 Å². The van der Waals surface area contributed by atoms with Crippen molar-refractivity contribution >= 4 is 10.1 Å². The molecular formula is C19H41NO3S. The lowest BCUT2D eigenvalue weighted by Gasteiger charge is -2.23. The van der Waals surface area contributed by atoms with Gasteiger partial charge in [-0.2, -0.15) is 8.42 Å². The second kappa shape index (κ2) is 15.2. The van der Waals surface area contributed by atoms with Gasteiger partial charge in [0.15, 0.2) is 0 Å². The zero-order chi connectivity index (χ0) is 18.3. The van der Waals surface area contributed by atoms with E-state index in [2.05, 4.69) is 18.7 Å². The van der Waals surface area contributed by atoms with E-state index in [-0.39, 0.29) is 0 Å². The van der Waals surface area contributed by atoms with Crippen LogP contribution in [0.1, 0.15) is 97.3 Å². The van der Waals surface area contributed by atoms with Gasteiger partial charge in [0, 0.05) is 6.04 Å². The quantitative estimate of drug-likeness (QED) is 0.378. The van der Waals surface area contributed by atoms with Crippen molar-refractivity contribution in [1.29, 1.82) is 0 Å². The second-order valence-electron chi connectivity index (χ2n) is 7.18. The van der Waals surface area contributed by atoms with Crippen molar-refractivity contribution < 1.29 is 13.0 Å². The zero-order valence-electron chi connectivity index (χ0n) is 16.3. The highest BCUT2D eigenvalue weighted by atomic mass is 32.2. The third-order valence-corrected chi connectivity index (χ3v) is 4.67. The van der Waals surface area contributed by atoms with Crippen molar-refractivity contribution in [2.45, 2.75) is 103 Å². The molecule has 1 heterocycles. The molecule has 4 nitrogen and oxygen atoms in total. The van der Waals surface area contributed by atoms with Crippen LogP contribution in [0.25, 0.3) is 0 Å². The van der Waals surface area contributed by atoms with E-state index in [0.717, 1.165) is 6.04 Å². The third kappa shape index (κ3) is 16.7. The Labute approximate surface area is 151 Å². The Bertz CT molecular complexity index is 363. The molecule has 0 radical (unpaired) electrons. The Morgan fingerprint density at radius 2 is 1.42 bits per heavy atom. The van der Waals surface area contributed by atoms with Crippen LogP contribution in [0.2, 0.25) is 0 Å². The number of unbranched alkanes of at least 4 members (excludes halogenated alkanes) is 8. The SMILES string of the molecule is CCCCCCCCCCCN1CCCC1CCC.CS(=O)(=O)O. The van der Waals surface area contributed by atoms with E-state index in [0.29, 0.717) is 6.26 Å². The summed E-state index contributed by atoms with van der Waals surface area (Å²) in [4.78, 5) is 2.77. The Balaban J connectivity index is 0.000000922. The van der Waals surface area contributed by atoms with Gasteiger partial charge in [0.25, 0.3) is 10.1 Å². The average molecular weight is 364 g/mol. The fourth-order valence-electron chi connectivity index (χ4n) is 3.48. The molecule has 0 bridgehead atoms. The van der Waals surface area contributed by atoms with Crippen LogP contribution in [0, 0.1) is 0 Å². The van der Waals surface area contributed by atoms with Gasteiger partial charge < -0.3 is 4.90 Å². The summed E-state index contributed by atoms with van der Waals surface area (Å²) < 4.78 is 25.9. The molecule has 146 valence electrons. The molecule has 1 aliphatic rings. The van der Waals surface area contributed by atoms with E-state index in [1.807, 2.05) is 0 Å². The fraction of sp³-hybridized carbons (Fsp3) is 1.00. The number of hydrogen-bond acceptors (Lipinski definition) is 3. The van der Waals surface area contributed by atoms with E-state index in [1.54, 1.807) is 0 Å². The predicted octanol–water partition coefficient (Wildman–Crippen LogP) is 5.29. The largest absolute Gasteiger partial charge is 0.300 e. The summed E-state index contributed by atoms with van der Waals surface area (Å²) in [7, 11) is -3.67. The van der Waals surface area contributed by atoms with Crippen molar-refractivity contribution in [1.82, 2.24) is 4.90 Å². The normalized spacial score (nSPS) is 18.4. The lowest BCUT2D eigenvalue weighted by atomic mass is 10.1. The monoisotopic (exact) mass is 363 g/mol. The molecular weight excluding hydrogens is 322 g/mol. The molecule has 1 saturated heterocycles. The predicted molar refractivity (Wildman–Crippen MR) is 104 cm³/mol. The molecule has 0 aromatic carbocycles. The summed E-state index contributed by atoms with van der Waals surface area (Å²) in [5.41, 5.74) is 0. The van der Waals surface area contributed by atoms with Crippen LogP contribution in [-0.2, 0) is 10.1 Å². The summed E-state index contributed by atoms with van der Waals surface area (Å²) in [5, 5.41) is 0. The van der Waals surface area contributed by atoms with Gasteiger partial charge in [0.05, 0.1) is 6.26 Å². The topological polar surface area (TPSA) is 57.6 Å². The van der Waals surface area contributed by atoms with Crippen molar-refractivity contribution in [2.24, 2.45) is 0 Å². The van der Waals surface area contributed by atoms with Crippen LogP contribution in [0.4, 0.5) is 0 Å². The molecule has 0 aliphatic carbocycles. The first-order valence-corrected chi connectivity index (χ1v) is 11.9. The Kier molecular flexibility index (Phi) is 15.1. The summed E-state index contributed by atoms with van der Waals surface area (Å²) in [6.45, 7) is 7.38.